The van der Waals surface area contributed by atoms with Crippen molar-refractivity contribution in [2.45, 2.75) is 6.42 Å². The second-order valence-corrected chi connectivity index (χ2v) is 8.53. The van der Waals surface area contributed by atoms with Gasteiger partial charge in [0.25, 0.3) is 0 Å². The van der Waals surface area contributed by atoms with E-state index in [1.54, 1.807) is 0 Å². The SMILES string of the molecule is O=C(Cc1csc2nc(-c3ccc(Cl)cc3)cn12)Nc1nc2ccccc2s1. The number of thiazole rings is 2. The lowest BCUT2D eigenvalue weighted by Crippen LogP contribution is -2.15. The molecule has 0 fully saturated rings. The van der Waals surface area contributed by atoms with E-state index in [-0.39, 0.29) is 12.3 Å². The molecular formula is C20H13ClN4OS2. The summed E-state index contributed by atoms with van der Waals surface area (Å²) in [7, 11) is 0. The van der Waals surface area contributed by atoms with Crippen LogP contribution in [-0.4, -0.2) is 20.3 Å². The number of imidazole rings is 1. The summed E-state index contributed by atoms with van der Waals surface area (Å²) in [5, 5.41) is 6.18. The van der Waals surface area contributed by atoms with Gasteiger partial charge in [0.1, 0.15) is 0 Å². The number of nitrogens with zero attached hydrogens (tertiary/aromatic N) is 3. The Hall–Kier alpha value is -2.74. The van der Waals surface area contributed by atoms with Gasteiger partial charge in [-0.25, -0.2) is 9.97 Å². The summed E-state index contributed by atoms with van der Waals surface area (Å²) in [5.74, 6) is -0.0968. The maximum atomic E-state index is 12.5. The number of hydrogen-bond acceptors (Lipinski definition) is 5. The Morgan fingerprint density at radius 1 is 1.11 bits per heavy atom. The second kappa shape index (κ2) is 7.01. The minimum Gasteiger partial charge on any atom is -0.302 e. The Morgan fingerprint density at radius 3 is 2.75 bits per heavy atom. The maximum absolute atomic E-state index is 12.5. The molecular weight excluding hydrogens is 412 g/mol. The van der Waals surface area contributed by atoms with Gasteiger partial charge in [0, 0.05) is 27.9 Å². The van der Waals surface area contributed by atoms with Crippen LogP contribution in [0, 0.1) is 0 Å². The molecule has 2 aromatic carbocycles. The third kappa shape index (κ3) is 3.28. The Balaban J connectivity index is 1.37. The minimum absolute atomic E-state index is 0.0968. The number of hydrogen-bond donors (Lipinski definition) is 1. The molecule has 0 unspecified atom stereocenters. The molecule has 0 radical (unpaired) electrons. The number of rotatable bonds is 4. The van der Waals surface area contributed by atoms with Gasteiger partial charge in [-0.05, 0) is 24.3 Å². The first-order valence-electron chi connectivity index (χ1n) is 8.52. The van der Waals surface area contributed by atoms with Crippen LogP contribution in [-0.2, 0) is 11.2 Å². The van der Waals surface area contributed by atoms with E-state index >= 15 is 0 Å². The Bertz CT molecular complexity index is 1270. The number of halogens is 1. The molecule has 5 rings (SSSR count). The molecule has 0 saturated carbocycles. The lowest BCUT2D eigenvalue weighted by Gasteiger charge is -2.01. The predicted octanol–water partition coefficient (Wildman–Crippen LogP) is 5.51. The van der Waals surface area contributed by atoms with Gasteiger partial charge >= 0.3 is 0 Å². The van der Waals surface area contributed by atoms with Crippen molar-refractivity contribution in [3.05, 3.63) is 70.8 Å². The molecule has 3 heterocycles. The maximum Gasteiger partial charge on any atom is 0.232 e. The van der Waals surface area contributed by atoms with Crippen molar-refractivity contribution in [1.29, 1.82) is 0 Å². The van der Waals surface area contributed by atoms with Crippen molar-refractivity contribution in [2.24, 2.45) is 0 Å². The summed E-state index contributed by atoms with van der Waals surface area (Å²) < 4.78 is 3.02. The van der Waals surface area contributed by atoms with Gasteiger partial charge in [-0.1, -0.05) is 47.2 Å². The van der Waals surface area contributed by atoms with Crippen LogP contribution in [0.2, 0.25) is 5.02 Å². The van der Waals surface area contributed by atoms with Gasteiger partial charge in [0.2, 0.25) is 5.91 Å². The van der Waals surface area contributed by atoms with Crippen molar-refractivity contribution in [3.63, 3.8) is 0 Å². The van der Waals surface area contributed by atoms with Crippen LogP contribution >= 0.6 is 34.3 Å². The number of nitrogens with one attached hydrogen (secondary N) is 1. The fourth-order valence-corrected chi connectivity index (χ4v) is 4.85. The number of benzene rings is 2. The average Bonchev–Trinajstić information content (AvgIpc) is 3.37. The average molecular weight is 425 g/mol. The Kier molecular flexibility index (Phi) is 4.35. The van der Waals surface area contributed by atoms with E-state index in [2.05, 4.69) is 15.3 Å². The molecule has 0 saturated heterocycles. The number of carbonyl (C=O) groups excluding carboxylic acids is 1. The zero-order valence-corrected chi connectivity index (χ0v) is 16.8. The number of fused-ring (bicyclic) bond motifs is 2. The molecule has 28 heavy (non-hydrogen) atoms. The van der Waals surface area contributed by atoms with Crippen molar-refractivity contribution in [3.8, 4) is 11.3 Å². The van der Waals surface area contributed by atoms with Crippen molar-refractivity contribution < 1.29 is 4.79 Å². The fourth-order valence-electron chi connectivity index (χ4n) is 2.97. The van der Waals surface area contributed by atoms with Crippen LogP contribution < -0.4 is 5.32 Å². The molecule has 1 amide bonds. The quantitative estimate of drug-likeness (QED) is 0.414. The van der Waals surface area contributed by atoms with E-state index in [9.17, 15) is 4.79 Å². The summed E-state index contributed by atoms with van der Waals surface area (Å²) in [5.41, 5.74) is 3.63. The highest BCUT2D eigenvalue weighted by Crippen LogP contribution is 2.27. The summed E-state index contributed by atoms with van der Waals surface area (Å²) in [6.45, 7) is 0. The van der Waals surface area contributed by atoms with E-state index in [1.165, 1.54) is 22.7 Å². The van der Waals surface area contributed by atoms with Crippen molar-refractivity contribution in [2.75, 3.05) is 5.32 Å². The number of para-hydroxylation sites is 1. The predicted molar refractivity (Wildman–Crippen MR) is 115 cm³/mol. The normalized spacial score (nSPS) is 11.3. The van der Waals surface area contributed by atoms with Gasteiger partial charge in [0.15, 0.2) is 10.1 Å². The monoisotopic (exact) mass is 424 g/mol. The number of amides is 1. The zero-order chi connectivity index (χ0) is 19.1. The first-order valence-corrected chi connectivity index (χ1v) is 10.6. The molecule has 5 nitrogen and oxygen atoms in total. The van der Waals surface area contributed by atoms with E-state index in [4.69, 9.17) is 11.6 Å². The van der Waals surface area contributed by atoms with Crippen molar-refractivity contribution >= 4 is 60.5 Å². The molecule has 5 aromatic rings. The number of anilines is 1. The number of carbonyl (C=O) groups is 1. The molecule has 0 bridgehead atoms. The molecule has 0 atom stereocenters. The van der Waals surface area contributed by atoms with Gasteiger partial charge in [-0.15, -0.1) is 11.3 Å². The second-order valence-electron chi connectivity index (χ2n) is 6.22. The van der Waals surface area contributed by atoms with Crippen LogP contribution in [0.3, 0.4) is 0 Å². The third-order valence-corrected chi connectivity index (χ3v) is 6.40. The minimum atomic E-state index is -0.0968. The zero-order valence-electron chi connectivity index (χ0n) is 14.4. The standard InChI is InChI=1S/C20H13ClN4OS2/c21-13-7-5-12(6-8-13)16-10-25-14(11-27-20(25)23-16)9-18(26)24-19-22-15-3-1-2-4-17(15)28-19/h1-8,10-11H,9H2,(H,22,24,26). The van der Waals surface area contributed by atoms with E-state index in [0.29, 0.717) is 10.2 Å². The van der Waals surface area contributed by atoms with Crippen molar-refractivity contribution in [1.82, 2.24) is 14.4 Å². The summed E-state index contributed by atoms with van der Waals surface area (Å²) in [6.07, 6.45) is 2.21. The summed E-state index contributed by atoms with van der Waals surface area (Å²) in [6, 6.07) is 15.4. The highest BCUT2D eigenvalue weighted by atomic mass is 35.5. The van der Waals surface area contributed by atoms with Crippen LogP contribution in [0.15, 0.2) is 60.1 Å². The molecule has 0 aliphatic heterocycles. The smallest absolute Gasteiger partial charge is 0.232 e. The van der Waals surface area contributed by atoms with Crippen LogP contribution in [0.5, 0.6) is 0 Å². The fraction of sp³-hybridized carbons (Fsp3) is 0.0500. The highest BCUT2D eigenvalue weighted by molar-refractivity contribution is 7.22. The van der Waals surface area contributed by atoms with Gasteiger partial charge < -0.3 is 5.32 Å². The molecule has 1 N–H and O–H groups in total. The molecule has 0 spiro atoms. The lowest BCUT2D eigenvalue weighted by molar-refractivity contribution is -0.115. The molecule has 3 aromatic heterocycles. The highest BCUT2D eigenvalue weighted by Gasteiger charge is 2.14. The van der Waals surface area contributed by atoms with Crippen LogP contribution in [0.25, 0.3) is 26.4 Å². The first-order chi connectivity index (χ1) is 13.7. The molecule has 138 valence electrons. The Morgan fingerprint density at radius 2 is 1.93 bits per heavy atom. The Labute approximate surface area is 173 Å². The van der Waals surface area contributed by atoms with Gasteiger partial charge in [0.05, 0.1) is 22.3 Å². The topological polar surface area (TPSA) is 59.3 Å². The number of aromatic nitrogens is 3. The molecule has 0 aliphatic carbocycles. The molecule has 8 heteroatoms. The first kappa shape index (κ1) is 17.4. The van der Waals surface area contributed by atoms with E-state index < -0.39 is 0 Å². The van der Waals surface area contributed by atoms with E-state index in [1.807, 2.05) is 64.5 Å². The van der Waals surface area contributed by atoms with E-state index in [0.717, 1.165) is 32.1 Å². The molecule has 0 aliphatic rings. The summed E-state index contributed by atoms with van der Waals surface area (Å²) in [4.78, 5) is 22.5. The summed E-state index contributed by atoms with van der Waals surface area (Å²) >= 11 is 8.95. The van der Waals surface area contributed by atoms with Crippen LogP contribution in [0.1, 0.15) is 5.69 Å². The largest absolute Gasteiger partial charge is 0.302 e. The van der Waals surface area contributed by atoms with Crippen LogP contribution in [0.4, 0.5) is 5.13 Å². The van der Waals surface area contributed by atoms with Gasteiger partial charge in [-0.3, -0.25) is 9.20 Å². The lowest BCUT2D eigenvalue weighted by atomic mass is 10.2. The third-order valence-electron chi connectivity index (χ3n) is 4.31. The van der Waals surface area contributed by atoms with Gasteiger partial charge in [-0.2, -0.15) is 0 Å².